The van der Waals surface area contributed by atoms with Gasteiger partial charge in [-0.2, -0.15) is 0 Å². The number of carbonyl (C=O) groups excluding carboxylic acids is 1. The minimum Gasteiger partial charge on any atom is -0.407 e. The lowest BCUT2D eigenvalue weighted by molar-refractivity contribution is -0.115. The summed E-state index contributed by atoms with van der Waals surface area (Å²) in [5, 5.41) is 10.3. The van der Waals surface area contributed by atoms with E-state index in [-0.39, 0.29) is 23.2 Å². The molecule has 0 aliphatic carbocycles. The van der Waals surface area contributed by atoms with Crippen LogP contribution in [0.25, 0.3) is 0 Å². The van der Waals surface area contributed by atoms with Gasteiger partial charge >= 0.3 is 6.01 Å². The van der Waals surface area contributed by atoms with Crippen molar-refractivity contribution in [3.8, 4) is 0 Å². The van der Waals surface area contributed by atoms with Crippen molar-refractivity contribution in [2.24, 2.45) is 0 Å². The van der Waals surface area contributed by atoms with Gasteiger partial charge in [-0.15, -0.1) is 5.10 Å². The van der Waals surface area contributed by atoms with Crippen LogP contribution < -0.4 is 5.32 Å². The van der Waals surface area contributed by atoms with Gasteiger partial charge in [0.1, 0.15) is 0 Å². The number of rotatable bonds is 6. The van der Waals surface area contributed by atoms with E-state index >= 15 is 0 Å². The molecule has 0 unspecified atom stereocenters. The molecule has 0 saturated heterocycles. The molecule has 0 spiro atoms. The average molecular weight is 385 g/mol. The fraction of sp³-hybridized carbons (Fsp3) is 0.211. The van der Waals surface area contributed by atoms with E-state index in [1.54, 1.807) is 12.1 Å². The Labute approximate surface area is 157 Å². The average Bonchev–Trinajstić information content (AvgIpc) is 3.03. The number of nitrogens with one attached hydrogen (secondary N) is 1. The molecule has 1 N–H and O–H groups in total. The molecule has 1 heterocycles. The van der Waals surface area contributed by atoms with Crippen molar-refractivity contribution in [2.45, 2.75) is 24.7 Å². The summed E-state index contributed by atoms with van der Waals surface area (Å²) in [5.74, 6) is 0.0827. The van der Waals surface area contributed by atoms with Gasteiger partial charge in [0.25, 0.3) is 0 Å². The van der Waals surface area contributed by atoms with Crippen molar-refractivity contribution in [3.63, 3.8) is 0 Å². The van der Waals surface area contributed by atoms with Crippen molar-refractivity contribution >= 4 is 21.8 Å². The predicted molar refractivity (Wildman–Crippen MR) is 100 cm³/mol. The fourth-order valence-corrected chi connectivity index (χ4v) is 3.09. The van der Waals surface area contributed by atoms with E-state index < -0.39 is 9.84 Å². The molecule has 0 saturated carbocycles. The highest BCUT2D eigenvalue weighted by Gasteiger charge is 2.12. The second kappa shape index (κ2) is 7.71. The molecule has 1 amide bonds. The van der Waals surface area contributed by atoms with Crippen molar-refractivity contribution in [1.29, 1.82) is 0 Å². The maximum absolute atomic E-state index is 12.1. The molecule has 8 heteroatoms. The maximum atomic E-state index is 12.1. The molecule has 3 aromatic rings. The van der Waals surface area contributed by atoms with Crippen molar-refractivity contribution in [1.82, 2.24) is 10.2 Å². The van der Waals surface area contributed by atoms with E-state index in [1.165, 1.54) is 17.7 Å². The van der Waals surface area contributed by atoms with Crippen LogP contribution in [0.3, 0.4) is 0 Å². The summed E-state index contributed by atoms with van der Waals surface area (Å²) in [6.07, 6.45) is 1.69. The third kappa shape index (κ3) is 5.24. The highest BCUT2D eigenvalue weighted by Crippen LogP contribution is 2.14. The van der Waals surface area contributed by atoms with E-state index in [4.69, 9.17) is 4.42 Å². The predicted octanol–water partition coefficient (Wildman–Crippen LogP) is 2.55. The second-order valence-electron chi connectivity index (χ2n) is 6.30. The third-order valence-electron chi connectivity index (χ3n) is 3.91. The number of aromatic nitrogens is 2. The fourth-order valence-electron chi connectivity index (χ4n) is 2.46. The summed E-state index contributed by atoms with van der Waals surface area (Å²) in [4.78, 5) is 12.3. The molecule has 2 aromatic carbocycles. The number of benzene rings is 2. The minimum atomic E-state index is -3.26. The lowest BCUT2D eigenvalue weighted by atomic mass is 10.1. The number of sulfone groups is 1. The first kappa shape index (κ1) is 18.8. The number of hydrogen-bond acceptors (Lipinski definition) is 6. The zero-order valence-electron chi connectivity index (χ0n) is 15.0. The Morgan fingerprint density at radius 2 is 1.63 bits per heavy atom. The van der Waals surface area contributed by atoms with Gasteiger partial charge in [-0.05, 0) is 30.2 Å². The van der Waals surface area contributed by atoms with Crippen LogP contribution in [-0.4, -0.2) is 30.8 Å². The van der Waals surface area contributed by atoms with Crippen LogP contribution in [0.15, 0.2) is 57.8 Å². The first-order valence-corrected chi connectivity index (χ1v) is 10.2. The molecule has 0 bridgehead atoms. The minimum absolute atomic E-state index is 0.0369. The lowest BCUT2D eigenvalue weighted by Crippen LogP contribution is -2.14. The monoisotopic (exact) mass is 385 g/mol. The highest BCUT2D eigenvalue weighted by molar-refractivity contribution is 7.90. The summed E-state index contributed by atoms with van der Waals surface area (Å²) in [7, 11) is -3.26. The summed E-state index contributed by atoms with van der Waals surface area (Å²) in [5.41, 5.74) is 2.88. The Hall–Kier alpha value is -3.00. The van der Waals surface area contributed by atoms with Crippen LogP contribution in [-0.2, 0) is 27.5 Å². The smallest absolute Gasteiger partial charge is 0.322 e. The molecular formula is C19H19N3O4S. The summed E-state index contributed by atoms with van der Waals surface area (Å²) in [6.45, 7) is 2.01. The van der Waals surface area contributed by atoms with Gasteiger partial charge in [0.05, 0.1) is 17.7 Å². The van der Waals surface area contributed by atoms with Gasteiger partial charge in [-0.25, -0.2) is 8.42 Å². The SMILES string of the molecule is Cc1ccc(Cc2nnc(NC(=O)Cc3ccc(S(C)(=O)=O)cc3)o2)cc1. The van der Waals surface area contributed by atoms with E-state index in [0.29, 0.717) is 17.9 Å². The highest BCUT2D eigenvalue weighted by atomic mass is 32.2. The van der Waals surface area contributed by atoms with Crippen LogP contribution in [0.2, 0.25) is 0 Å². The van der Waals surface area contributed by atoms with Gasteiger partial charge < -0.3 is 4.42 Å². The summed E-state index contributed by atoms with van der Waals surface area (Å²) >= 11 is 0. The molecule has 7 nitrogen and oxygen atoms in total. The molecule has 0 radical (unpaired) electrons. The van der Waals surface area contributed by atoms with Crippen LogP contribution in [0.5, 0.6) is 0 Å². The Kier molecular flexibility index (Phi) is 5.36. The molecular weight excluding hydrogens is 366 g/mol. The third-order valence-corrected chi connectivity index (χ3v) is 5.03. The van der Waals surface area contributed by atoms with E-state index in [9.17, 15) is 13.2 Å². The van der Waals surface area contributed by atoms with E-state index in [0.717, 1.165) is 11.8 Å². The first-order chi connectivity index (χ1) is 12.8. The number of carbonyl (C=O) groups is 1. The summed E-state index contributed by atoms with van der Waals surface area (Å²) in [6, 6.07) is 14.2. The lowest BCUT2D eigenvalue weighted by Gasteiger charge is -2.03. The number of aryl methyl sites for hydroxylation is 1. The molecule has 140 valence electrons. The van der Waals surface area contributed by atoms with Crippen LogP contribution in [0, 0.1) is 6.92 Å². The number of nitrogens with zero attached hydrogens (tertiary/aromatic N) is 2. The molecule has 0 aliphatic rings. The maximum Gasteiger partial charge on any atom is 0.322 e. The zero-order valence-corrected chi connectivity index (χ0v) is 15.8. The Morgan fingerprint density at radius 1 is 1.00 bits per heavy atom. The molecule has 1 aromatic heterocycles. The van der Waals surface area contributed by atoms with Gasteiger partial charge in [0.2, 0.25) is 11.8 Å². The van der Waals surface area contributed by atoms with E-state index in [1.807, 2.05) is 31.2 Å². The summed E-state index contributed by atoms with van der Waals surface area (Å²) < 4.78 is 28.4. The van der Waals surface area contributed by atoms with E-state index in [2.05, 4.69) is 15.5 Å². The Bertz CT molecular complexity index is 1040. The molecule has 0 aliphatic heterocycles. The van der Waals surface area contributed by atoms with Crippen molar-refractivity contribution in [3.05, 3.63) is 71.1 Å². The van der Waals surface area contributed by atoms with Gasteiger partial charge in [0, 0.05) is 6.26 Å². The molecule has 27 heavy (non-hydrogen) atoms. The Balaban J connectivity index is 1.58. The molecule has 3 rings (SSSR count). The van der Waals surface area contributed by atoms with Crippen molar-refractivity contribution in [2.75, 3.05) is 11.6 Å². The van der Waals surface area contributed by atoms with Crippen LogP contribution in [0.1, 0.15) is 22.6 Å². The second-order valence-corrected chi connectivity index (χ2v) is 8.32. The number of hydrogen-bond donors (Lipinski definition) is 1. The van der Waals surface area contributed by atoms with Crippen LogP contribution in [0.4, 0.5) is 6.01 Å². The molecule has 0 atom stereocenters. The Morgan fingerprint density at radius 3 is 2.26 bits per heavy atom. The quantitative estimate of drug-likeness (QED) is 0.700. The number of amides is 1. The molecule has 0 fully saturated rings. The first-order valence-electron chi connectivity index (χ1n) is 8.26. The van der Waals surface area contributed by atoms with Gasteiger partial charge in [0.15, 0.2) is 9.84 Å². The van der Waals surface area contributed by atoms with Crippen LogP contribution >= 0.6 is 0 Å². The van der Waals surface area contributed by atoms with Gasteiger partial charge in [-0.3, -0.25) is 10.1 Å². The van der Waals surface area contributed by atoms with Gasteiger partial charge in [-0.1, -0.05) is 47.1 Å². The largest absolute Gasteiger partial charge is 0.407 e. The normalized spacial score (nSPS) is 11.3. The van der Waals surface area contributed by atoms with Crippen molar-refractivity contribution < 1.29 is 17.6 Å². The standard InChI is InChI=1S/C19H19N3O4S/c1-13-3-5-15(6-4-13)12-18-21-22-19(26-18)20-17(23)11-14-7-9-16(10-8-14)27(2,24)25/h3-10H,11-12H2,1-2H3,(H,20,22,23). The zero-order chi connectivity index (χ0) is 19.4. The number of anilines is 1. The topological polar surface area (TPSA) is 102 Å².